The first-order valence-corrected chi connectivity index (χ1v) is 6.37. The Morgan fingerprint density at radius 2 is 1.32 bits per heavy atom. The number of carbonyl (C=O) groups is 2. The topological polar surface area (TPSA) is 43.4 Å². The normalized spacial score (nSPS) is 11.1. The van der Waals surface area contributed by atoms with E-state index < -0.39 is 23.4 Å². The molecule has 112 valence electrons. The minimum Gasteiger partial charge on any atom is -0.466 e. The molecule has 0 amide bonds. The average Bonchev–Trinajstić information content (AvgIpc) is 2.53. The highest BCUT2D eigenvalue weighted by Crippen LogP contribution is 2.21. The number of benzene rings is 2. The molecular formula is C17H12F2O3. The molecule has 0 aromatic heterocycles. The SMILES string of the molecule is COC(=O)/C=C(/C(=O)c1ccc(F)cc1)c1ccc(F)cc1. The van der Waals surface area contributed by atoms with Crippen LogP contribution in [0.15, 0.2) is 54.6 Å². The van der Waals surface area contributed by atoms with Gasteiger partial charge in [0.05, 0.1) is 7.11 Å². The van der Waals surface area contributed by atoms with Gasteiger partial charge in [0, 0.05) is 17.2 Å². The summed E-state index contributed by atoms with van der Waals surface area (Å²) in [6, 6.07) is 10.0. The smallest absolute Gasteiger partial charge is 0.331 e. The molecule has 5 heteroatoms. The number of hydrogen-bond acceptors (Lipinski definition) is 3. The molecule has 0 aliphatic carbocycles. The second-order valence-corrected chi connectivity index (χ2v) is 4.42. The van der Waals surface area contributed by atoms with Crippen LogP contribution in [0.1, 0.15) is 15.9 Å². The Balaban J connectivity index is 2.46. The lowest BCUT2D eigenvalue weighted by Crippen LogP contribution is -2.07. The highest BCUT2D eigenvalue weighted by molar-refractivity contribution is 6.31. The fourth-order valence-electron chi connectivity index (χ4n) is 1.84. The maximum Gasteiger partial charge on any atom is 0.331 e. The standard InChI is InChI=1S/C17H12F2O3/c1-22-16(20)10-15(11-2-6-13(18)7-3-11)17(21)12-4-8-14(19)9-5-12/h2-10H,1H3/b15-10+. The van der Waals surface area contributed by atoms with Gasteiger partial charge in [-0.15, -0.1) is 0 Å². The number of halogens is 2. The Labute approximate surface area is 125 Å². The van der Waals surface area contributed by atoms with Crippen LogP contribution in [0.25, 0.3) is 5.57 Å². The van der Waals surface area contributed by atoms with Crippen molar-refractivity contribution in [2.45, 2.75) is 0 Å². The van der Waals surface area contributed by atoms with Crippen LogP contribution in [0.2, 0.25) is 0 Å². The summed E-state index contributed by atoms with van der Waals surface area (Å²) in [5, 5.41) is 0. The largest absolute Gasteiger partial charge is 0.466 e. The van der Waals surface area contributed by atoms with Gasteiger partial charge in [0.1, 0.15) is 11.6 Å². The van der Waals surface area contributed by atoms with Crippen molar-refractivity contribution in [2.24, 2.45) is 0 Å². The Morgan fingerprint density at radius 1 is 0.864 bits per heavy atom. The Bertz CT molecular complexity index is 717. The lowest BCUT2D eigenvalue weighted by Gasteiger charge is -2.07. The van der Waals surface area contributed by atoms with E-state index >= 15 is 0 Å². The zero-order valence-corrected chi connectivity index (χ0v) is 11.7. The van der Waals surface area contributed by atoms with Crippen molar-refractivity contribution < 1.29 is 23.1 Å². The molecule has 0 aliphatic heterocycles. The second-order valence-electron chi connectivity index (χ2n) is 4.42. The van der Waals surface area contributed by atoms with E-state index in [-0.39, 0.29) is 11.1 Å². The van der Waals surface area contributed by atoms with E-state index in [9.17, 15) is 18.4 Å². The van der Waals surface area contributed by atoms with Crippen LogP contribution in [0.4, 0.5) is 8.78 Å². The van der Waals surface area contributed by atoms with Gasteiger partial charge in [-0.05, 0) is 42.0 Å². The minimum atomic E-state index is -0.713. The molecule has 0 aliphatic rings. The van der Waals surface area contributed by atoms with Crippen LogP contribution >= 0.6 is 0 Å². The van der Waals surface area contributed by atoms with Crippen molar-refractivity contribution in [3.05, 3.63) is 77.4 Å². The monoisotopic (exact) mass is 302 g/mol. The number of esters is 1. The predicted octanol–water partition coefficient (Wildman–Crippen LogP) is 3.40. The lowest BCUT2D eigenvalue weighted by atomic mass is 9.96. The molecule has 0 atom stereocenters. The summed E-state index contributed by atoms with van der Waals surface area (Å²) in [6.45, 7) is 0. The second kappa shape index (κ2) is 6.76. The van der Waals surface area contributed by atoms with Crippen molar-refractivity contribution in [1.29, 1.82) is 0 Å². The molecule has 22 heavy (non-hydrogen) atoms. The van der Waals surface area contributed by atoms with E-state index in [0.29, 0.717) is 5.56 Å². The molecule has 0 bridgehead atoms. The van der Waals surface area contributed by atoms with E-state index in [1.807, 2.05) is 0 Å². The first-order chi connectivity index (χ1) is 10.5. The number of hydrogen-bond donors (Lipinski definition) is 0. The number of rotatable bonds is 4. The van der Waals surface area contributed by atoms with Gasteiger partial charge in [-0.25, -0.2) is 13.6 Å². The third-order valence-electron chi connectivity index (χ3n) is 2.97. The number of ether oxygens (including phenoxy) is 1. The lowest BCUT2D eigenvalue weighted by molar-refractivity contribution is -0.134. The Hall–Kier alpha value is -2.82. The summed E-state index contributed by atoms with van der Waals surface area (Å²) in [6.07, 6.45) is 1.03. The molecule has 0 heterocycles. The molecule has 0 spiro atoms. The van der Waals surface area contributed by atoms with E-state index in [4.69, 9.17) is 0 Å². The molecule has 0 unspecified atom stereocenters. The zero-order chi connectivity index (χ0) is 16.1. The summed E-state index contributed by atoms with van der Waals surface area (Å²) < 4.78 is 30.5. The van der Waals surface area contributed by atoms with Crippen molar-refractivity contribution in [3.8, 4) is 0 Å². The van der Waals surface area contributed by atoms with E-state index in [1.54, 1.807) is 0 Å². The number of ketones is 1. The minimum absolute atomic E-state index is 0.0402. The first kappa shape index (κ1) is 15.6. The van der Waals surface area contributed by atoms with E-state index in [2.05, 4.69) is 4.74 Å². The summed E-state index contributed by atoms with van der Waals surface area (Å²) in [7, 11) is 1.18. The van der Waals surface area contributed by atoms with Crippen LogP contribution in [0.3, 0.4) is 0 Å². The summed E-state index contributed by atoms with van der Waals surface area (Å²) in [5.74, 6) is -2.14. The van der Waals surface area contributed by atoms with Crippen LogP contribution in [0, 0.1) is 11.6 Å². The van der Waals surface area contributed by atoms with Crippen molar-refractivity contribution in [3.63, 3.8) is 0 Å². The fraction of sp³-hybridized carbons (Fsp3) is 0.0588. The number of methoxy groups -OCH3 is 1. The van der Waals surface area contributed by atoms with Gasteiger partial charge in [0.15, 0.2) is 5.78 Å². The van der Waals surface area contributed by atoms with Gasteiger partial charge in [-0.1, -0.05) is 12.1 Å². The summed E-state index contributed by atoms with van der Waals surface area (Å²) in [5.41, 5.74) is 0.612. The summed E-state index contributed by atoms with van der Waals surface area (Å²) >= 11 is 0. The van der Waals surface area contributed by atoms with Crippen LogP contribution in [-0.2, 0) is 9.53 Å². The van der Waals surface area contributed by atoms with E-state index in [1.165, 1.54) is 43.5 Å². The third kappa shape index (κ3) is 3.63. The van der Waals surface area contributed by atoms with Gasteiger partial charge in [0.25, 0.3) is 0 Å². The molecule has 0 radical (unpaired) electrons. The fourth-order valence-corrected chi connectivity index (χ4v) is 1.84. The van der Waals surface area contributed by atoms with E-state index in [0.717, 1.165) is 18.2 Å². The van der Waals surface area contributed by atoms with Crippen molar-refractivity contribution in [2.75, 3.05) is 7.11 Å². The summed E-state index contributed by atoms with van der Waals surface area (Å²) in [4.78, 5) is 24.0. The highest BCUT2D eigenvalue weighted by atomic mass is 19.1. The number of allylic oxidation sites excluding steroid dienone is 1. The van der Waals surface area contributed by atoms with Crippen molar-refractivity contribution in [1.82, 2.24) is 0 Å². The van der Waals surface area contributed by atoms with Crippen molar-refractivity contribution >= 4 is 17.3 Å². The van der Waals surface area contributed by atoms with Crippen LogP contribution in [0.5, 0.6) is 0 Å². The van der Waals surface area contributed by atoms with Gasteiger partial charge in [-0.3, -0.25) is 4.79 Å². The maximum atomic E-state index is 13.0. The van der Waals surface area contributed by atoms with Gasteiger partial charge in [0.2, 0.25) is 0 Å². The average molecular weight is 302 g/mol. The third-order valence-corrected chi connectivity index (χ3v) is 2.97. The Morgan fingerprint density at radius 3 is 1.77 bits per heavy atom. The molecule has 2 aromatic rings. The highest BCUT2D eigenvalue weighted by Gasteiger charge is 2.16. The molecule has 2 rings (SSSR count). The first-order valence-electron chi connectivity index (χ1n) is 6.37. The molecule has 3 nitrogen and oxygen atoms in total. The molecule has 0 saturated heterocycles. The molecular weight excluding hydrogens is 290 g/mol. The van der Waals surface area contributed by atoms with Gasteiger partial charge >= 0.3 is 5.97 Å². The number of carbonyl (C=O) groups excluding carboxylic acids is 2. The predicted molar refractivity (Wildman–Crippen MR) is 77.1 cm³/mol. The zero-order valence-electron chi connectivity index (χ0n) is 11.7. The number of Topliss-reactive ketones (excluding diaryl/α,β-unsaturated/α-hetero) is 1. The molecule has 0 saturated carbocycles. The van der Waals surface area contributed by atoms with Gasteiger partial charge < -0.3 is 4.74 Å². The maximum absolute atomic E-state index is 13.0. The molecule has 2 aromatic carbocycles. The quantitative estimate of drug-likeness (QED) is 0.494. The van der Waals surface area contributed by atoms with Gasteiger partial charge in [-0.2, -0.15) is 0 Å². The molecule has 0 N–H and O–H groups in total. The molecule has 0 fully saturated rings. The Kier molecular flexibility index (Phi) is 4.78. The van der Waals surface area contributed by atoms with Crippen LogP contribution < -0.4 is 0 Å². The van der Waals surface area contributed by atoms with Crippen LogP contribution in [-0.4, -0.2) is 18.9 Å².